The second kappa shape index (κ2) is 8.22. The molecule has 3 aromatic heterocycles. The number of nitrogens with one attached hydrogen (secondary N) is 2. The van der Waals surface area contributed by atoms with E-state index in [1.807, 2.05) is 12.4 Å². The van der Waals surface area contributed by atoms with Gasteiger partial charge >= 0.3 is 0 Å². The van der Waals surface area contributed by atoms with Gasteiger partial charge in [-0.2, -0.15) is 14.6 Å². The third-order valence-corrected chi connectivity index (χ3v) is 5.33. The first kappa shape index (κ1) is 20.0. The molecule has 156 valence electrons. The van der Waals surface area contributed by atoms with Crippen LogP contribution in [0.5, 0.6) is 0 Å². The minimum atomic E-state index is -0.354. The maximum atomic E-state index is 13.7. The first-order valence-electron chi connectivity index (χ1n) is 10.1. The Labute approximate surface area is 174 Å². The van der Waals surface area contributed by atoms with E-state index in [9.17, 15) is 4.39 Å². The van der Waals surface area contributed by atoms with Crippen LogP contribution < -0.4 is 5.32 Å². The molecular weight excluding hydrogens is 381 g/mol. The van der Waals surface area contributed by atoms with Crippen LogP contribution in [0.4, 0.5) is 10.3 Å². The molecule has 3 aromatic rings. The fourth-order valence-electron chi connectivity index (χ4n) is 3.85. The zero-order valence-electron chi connectivity index (χ0n) is 17.5. The zero-order valence-corrected chi connectivity index (χ0v) is 17.5. The van der Waals surface area contributed by atoms with E-state index in [2.05, 4.69) is 57.0 Å². The Morgan fingerprint density at radius 1 is 1.43 bits per heavy atom. The van der Waals surface area contributed by atoms with Crippen molar-refractivity contribution >= 4 is 23.9 Å². The Hall–Kier alpha value is -3.29. The molecule has 0 saturated heterocycles. The van der Waals surface area contributed by atoms with Crippen molar-refractivity contribution in [2.75, 3.05) is 5.32 Å². The van der Waals surface area contributed by atoms with Gasteiger partial charge in [-0.05, 0) is 56.5 Å². The molecule has 7 nitrogen and oxygen atoms in total. The summed E-state index contributed by atoms with van der Waals surface area (Å²) in [5.74, 6) is 0.854. The highest BCUT2D eigenvalue weighted by Crippen LogP contribution is 2.26. The van der Waals surface area contributed by atoms with Gasteiger partial charge in [-0.25, -0.2) is 9.37 Å². The van der Waals surface area contributed by atoms with Gasteiger partial charge in [-0.15, -0.1) is 0 Å². The van der Waals surface area contributed by atoms with E-state index < -0.39 is 0 Å². The van der Waals surface area contributed by atoms with Crippen LogP contribution in [0.15, 0.2) is 41.6 Å². The lowest BCUT2D eigenvalue weighted by Gasteiger charge is -2.24. The Balaban J connectivity index is 1.79. The Morgan fingerprint density at radius 2 is 2.27 bits per heavy atom. The van der Waals surface area contributed by atoms with E-state index in [0.717, 1.165) is 24.8 Å². The second-order valence-electron chi connectivity index (χ2n) is 7.92. The molecule has 3 heterocycles. The molecule has 2 N–H and O–H groups in total. The van der Waals surface area contributed by atoms with E-state index in [4.69, 9.17) is 0 Å². The third kappa shape index (κ3) is 3.90. The highest BCUT2D eigenvalue weighted by atomic mass is 19.1. The van der Waals surface area contributed by atoms with Gasteiger partial charge in [-0.1, -0.05) is 13.8 Å². The fourth-order valence-corrected chi connectivity index (χ4v) is 3.85. The van der Waals surface area contributed by atoms with Gasteiger partial charge in [0, 0.05) is 35.3 Å². The maximum Gasteiger partial charge on any atom is 0.228 e. The summed E-state index contributed by atoms with van der Waals surface area (Å²) in [5, 5.41) is 8.07. The minimum absolute atomic E-state index is 0.217. The van der Waals surface area contributed by atoms with E-state index in [-0.39, 0.29) is 17.8 Å². The highest BCUT2D eigenvalue weighted by Gasteiger charge is 2.22. The lowest BCUT2D eigenvalue weighted by Crippen LogP contribution is -2.29. The van der Waals surface area contributed by atoms with Crippen LogP contribution in [0.1, 0.15) is 55.8 Å². The number of hydrogen-bond donors (Lipinski definition) is 2. The molecule has 0 unspecified atom stereocenters. The van der Waals surface area contributed by atoms with Crippen LogP contribution in [0.2, 0.25) is 0 Å². The molecule has 0 amide bonds. The number of aryl methyl sites for hydroxylation is 1. The molecule has 0 spiro atoms. The number of H-pyrrole nitrogens is 1. The average Bonchev–Trinajstić information content (AvgIpc) is 3.33. The SMILES string of the molecule is C=N/C=C(\C=C(/C)F)c1nc(N[C@@H]2CCc3[nH]ccc3C2)n2ncc(C(C)C)c2n1. The molecule has 0 fully saturated rings. The lowest BCUT2D eigenvalue weighted by atomic mass is 9.93. The molecule has 30 heavy (non-hydrogen) atoms. The van der Waals surface area contributed by atoms with Crippen LogP contribution >= 0.6 is 0 Å². The number of aliphatic imine (C=N–C) groups is 1. The maximum absolute atomic E-state index is 13.7. The first-order chi connectivity index (χ1) is 14.5. The summed E-state index contributed by atoms with van der Waals surface area (Å²) in [6.45, 7) is 9.06. The summed E-state index contributed by atoms with van der Waals surface area (Å²) < 4.78 is 15.4. The van der Waals surface area contributed by atoms with Crippen molar-refractivity contribution < 1.29 is 4.39 Å². The number of aromatic nitrogens is 5. The van der Waals surface area contributed by atoms with Crippen molar-refractivity contribution in [2.45, 2.75) is 52.0 Å². The molecule has 4 rings (SSSR count). The predicted molar refractivity (Wildman–Crippen MR) is 117 cm³/mol. The standard InChI is InChI=1S/C22H26FN7/c1-13(2)18-12-26-30-21(18)28-20(16(11-24-4)9-14(3)23)29-22(30)27-17-5-6-19-15(10-17)7-8-25-19/h7-9,11-13,17,25H,4-6,10H2,1-3H3,(H,27,28,29)/b14-9+,16-11+/t17-/m1/s1. The first-order valence-corrected chi connectivity index (χ1v) is 10.1. The Bertz CT molecular complexity index is 1130. The third-order valence-electron chi connectivity index (χ3n) is 5.33. The van der Waals surface area contributed by atoms with Gasteiger partial charge in [0.05, 0.1) is 12.0 Å². The molecule has 1 aliphatic carbocycles. The molecule has 0 aromatic carbocycles. The molecule has 0 saturated carbocycles. The molecule has 8 heteroatoms. The molecule has 1 aliphatic rings. The second-order valence-corrected chi connectivity index (χ2v) is 7.92. The van der Waals surface area contributed by atoms with Crippen LogP contribution in [0.3, 0.4) is 0 Å². The Morgan fingerprint density at radius 3 is 3.00 bits per heavy atom. The summed E-state index contributed by atoms with van der Waals surface area (Å²) in [4.78, 5) is 16.5. The van der Waals surface area contributed by atoms with E-state index >= 15 is 0 Å². The van der Waals surface area contributed by atoms with Gasteiger partial charge in [-0.3, -0.25) is 4.99 Å². The normalized spacial score (nSPS) is 17.4. The smallest absolute Gasteiger partial charge is 0.228 e. The number of aromatic amines is 1. The van der Waals surface area contributed by atoms with Crippen molar-refractivity contribution in [3.05, 3.63) is 59.2 Å². The van der Waals surface area contributed by atoms with Crippen LogP contribution in [-0.2, 0) is 12.8 Å². The number of fused-ring (bicyclic) bond motifs is 2. The van der Waals surface area contributed by atoms with E-state index in [0.29, 0.717) is 23.0 Å². The van der Waals surface area contributed by atoms with Crippen molar-refractivity contribution in [3.63, 3.8) is 0 Å². The number of halogens is 1. The highest BCUT2D eigenvalue weighted by molar-refractivity contribution is 5.72. The summed E-state index contributed by atoms with van der Waals surface area (Å²) in [6.07, 6.45) is 9.50. The zero-order chi connectivity index (χ0) is 21.3. The van der Waals surface area contributed by atoms with Crippen LogP contribution in [-0.4, -0.2) is 37.3 Å². The largest absolute Gasteiger partial charge is 0.365 e. The van der Waals surface area contributed by atoms with Gasteiger partial charge in [0.25, 0.3) is 0 Å². The van der Waals surface area contributed by atoms with Gasteiger partial charge in [0.15, 0.2) is 11.5 Å². The number of hydrogen-bond acceptors (Lipinski definition) is 5. The summed E-state index contributed by atoms with van der Waals surface area (Å²) in [6, 6.07) is 2.34. The predicted octanol–water partition coefficient (Wildman–Crippen LogP) is 4.46. The lowest BCUT2D eigenvalue weighted by molar-refractivity contribution is 0.597. The van der Waals surface area contributed by atoms with Crippen LogP contribution in [0.25, 0.3) is 11.2 Å². The molecule has 0 aliphatic heterocycles. The van der Waals surface area contributed by atoms with Crippen molar-refractivity contribution in [3.8, 4) is 0 Å². The van der Waals surface area contributed by atoms with Crippen molar-refractivity contribution in [1.29, 1.82) is 0 Å². The molecule has 0 radical (unpaired) electrons. The summed E-state index contributed by atoms with van der Waals surface area (Å²) in [5.41, 5.74) is 4.79. The molecule has 0 bridgehead atoms. The van der Waals surface area contributed by atoms with Gasteiger partial charge in [0.2, 0.25) is 5.95 Å². The number of rotatable bonds is 6. The summed E-state index contributed by atoms with van der Waals surface area (Å²) in [7, 11) is 0. The summed E-state index contributed by atoms with van der Waals surface area (Å²) >= 11 is 0. The van der Waals surface area contributed by atoms with Gasteiger partial charge < -0.3 is 10.3 Å². The van der Waals surface area contributed by atoms with Crippen molar-refractivity contribution in [2.24, 2.45) is 4.99 Å². The fraction of sp³-hybridized carbons (Fsp3) is 0.364. The number of nitrogens with zero attached hydrogens (tertiary/aromatic N) is 5. The van der Waals surface area contributed by atoms with Gasteiger partial charge in [0.1, 0.15) is 0 Å². The number of allylic oxidation sites excluding steroid dienone is 3. The molecule has 1 atom stereocenters. The average molecular weight is 407 g/mol. The van der Waals surface area contributed by atoms with E-state index in [1.165, 1.54) is 30.5 Å². The Kier molecular flexibility index (Phi) is 5.48. The monoisotopic (exact) mass is 407 g/mol. The number of anilines is 1. The topological polar surface area (TPSA) is 83.3 Å². The van der Waals surface area contributed by atoms with Crippen molar-refractivity contribution in [1.82, 2.24) is 24.6 Å². The van der Waals surface area contributed by atoms with Crippen LogP contribution in [0, 0.1) is 0 Å². The quantitative estimate of drug-likeness (QED) is 0.467. The van der Waals surface area contributed by atoms with E-state index in [1.54, 1.807) is 4.52 Å². The molecular formula is C22H26FN7. The minimum Gasteiger partial charge on any atom is -0.365 e.